The third kappa shape index (κ3) is 3.37. The molecule has 1 aliphatic carbocycles. The largest absolute Gasteiger partial charge is 0.290 e. The zero-order valence-corrected chi connectivity index (χ0v) is 17.1. The van der Waals surface area contributed by atoms with Gasteiger partial charge in [-0.3, -0.25) is 30.2 Å². The van der Waals surface area contributed by atoms with Crippen LogP contribution in [0.4, 0.5) is 0 Å². The first kappa shape index (κ1) is 19.1. The molecule has 3 heterocycles. The van der Waals surface area contributed by atoms with Gasteiger partial charge in [-0.05, 0) is 44.6 Å². The summed E-state index contributed by atoms with van der Waals surface area (Å²) < 4.78 is 1.67. The molecule has 0 bridgehead atoms. The van der Waals surface area contributed by atoms with Gasteiger partial charge < -0.3 is 0 Å². The van der Waals surface area contributed by atoms with Gasteiger partial charge in [-0.2, -0.15) is 10.2 Å². The number of pyridine rings is 1. The van der Waals surface area contributed by atoms with Gasteiger partial charge in [0, 0.05) is 24.0 Å². The minimum absolute atomic E-state index is 0.145. The molecular formula is C20H25N7O2. The Hall–Kier alpha value is -3.23. The Bertz CT molecular complexity index is 1110. The number of hydrogen-bond donors (Lipinski definition) is 3. The lowest BCUT2D eigenvalue weighted by molar-refractivity contribution is 0.0844. The SMILES string of the molecule is Cc1nn(C)c2nc(C(C)C)cc(C(=O)NNC(=O)c3n[nH]c4c3CCCC4)c12. The number of carbonyl (C=O) groups excluding carboxylic acids is 2. The molecule has 3 aromatic rings. The molecule has 0 spiro atoms. The van der Waals surface area contributed by atoms with Crippen molar-refractivity contribution < 1.29 is 9.59 Å². The number of aromatic amines is 1. The summed E-state index contributed by atoms with van der Waals surface area (Å²) in [5.41, 5.74) is 9.92. The van der Waals surface area contributed by atoms with Gasteiger partial charge in [-0.25, -0.2) is 4.98 Å². The lowest BCUT2D eigenvalue weighted by Crippen LogP contribution is -2.42. The van der Waals surface area contributed by atoms with Gasteiger partial charge in [0.1, 0.15) is 0 Å². The maximum Gasteiger partial charge on any atom is 0.290 e. The molecule has 2 amide bonds. The van der Waals surface area contributed by atoms with E-state index in [0.29, 0.717) is 28.0 Å². The highest BCUT2D eigenvalue weighted by Crippen LogP contribution is 2.25. The number of H-pyrrole nitrogens is 1. The Morgan fingerprint density at radius 3 is 2.66 bits per heavy atom. The highest BCUT2D eigenvalue weighted by Gasteiger charge is 2.23. The second-order valence-corrected chi connectivity index (χ2v) is 7.80. The zero-order chi connectivity index (χ0) is 20.7. The molecule has 0 fully saturated rings. The van der Waals surface area contributed by atoms with E-state index in [4.69, 9.17) is 0 Å². The van der Waals surface area contributed by atoms with E-state index in [2.05, 4.69) is 31.1 Å². The predicted octanol–water partition coefficient (Wildman–Crippen LogP) is 2.08. The summed E-state index contributed by atoms with van der Waals surface area (Å²) in [4.78, 5) is 30.2. The van der Waals surface area contributed by atoms with Crippen molar-refractivity contribution in [1.82, 2.24) is 35.8 Å². The van der Waals surface area contributed by atoms with Crippen molar-refractivity contribution in [1.29, 1.82) is 0 Å². The van der Waals surface area contributed by atoms with Crippen LogP contribution in [0.5, 0.6) is 0 Å². The quantitative estimate of drug-likeness (QED) is 0.587. The van der Waals surface area contributed by atoms with E-state index < -0.39 is 11.8 Å². The first-order valence-electron chi connectivity index (χ1n) is 9.87. The molecule has 0 radical (unpaired) electrons. The van der Waals surface area contributed by atoms with Gasteiger partial charge in [0.15, 0.2) is 11.3 Å². The zero-order valence-electron chi connectivity index (χ0n) is 17.1. The summed E-state index contributed by atoms with van der Waals surface area (Å²) >= 11 is 0. The Balaban J connectivity index is 1.59. The van der Waals surface area contributed by atoms with E-state index >= 15 is 0 Å². The third-order valence-corrected chi connectivity index (χ3v) is 5.39. The number of amides is 2. The highest BCUT2D eigenvalue weighted by molar-refractivity contribution is 6.07. The summed E-state index contributed by atoms with van der Waals surface area (Å²) in [6.45, 7) is 5.87. The fraction of sp³-hybridized carbons (Fsp3) is 0.450. The second-order valence-electron chi connectivity index (χ2n) is 7.80. The fourth-order valence-corrected chi connectivity index (χ4v) is 3.85. The van der Waals surface area contributed by atoms with Gasteiger partial charge in [0.2, 0.25) is 0 Å². The van der Waals surface area contributed by atoms with Gasteiger partial charge in [0.05, 0.1) is 16.6 Å². The summed E-state index contributed by atoms with van der Waals surface area (Å²) in [6, 6.07) is 1.76. The monoisotopic (exact) mass is 395 g/mol. The van der Waals surface area contributed by atoms with E-state index in [1.165, 1.54) is 0 Å². The normalized spacial score (nSPS) is 13.6. The van der Waals surface area contributed by atoms with Crippen molar-refractivity contribution in [2.45, 2.75) is 52.4 Å². The number of aryl methyl sites for hydroxylation is 3. The summed E-state index contributed by atoms with van der Waals surface area (Å²) in [5, 5.41) is 12.2. The standard InChI is InChI=1S/C20H25N7O2/c1-10(2)15-9-13(16-11(3)26-27(4)18(16)21-15)19(28)24-25-20(29)17-12-7-5-6-8-14(12)22-23-17/h9-10H,5-8H2,1-4H3,(H,22,23)(H,24,28)(H,25,29). The van der Waals surface area contributed by atoms with Crippen molar-refractivity contribution in [3.05, 3.63) is 40.0 Å². The molecule has 3 aromatic heterocycles. The predicted molar refractivity (Wildman–Crippen MR) is 107 cm³/mol. The Morgan fingerprint density at radius 2 is 1.90 bits per heavy atom. The van der Waals surface area contributed by atoms with Crippen LogP contribution in [-0.2, 0) is 19.9 Å². The molecule has 0 aromatic carbocycles. The molecule has 4 rings (SSSR count). The van der Waals surface area contributed by atoms with Crippen LogP contribution >= 0.6 is 0 Å². The molecule has 9 nitrogen and oxygen atoms in total. The summed E-state index contributed by atoms with van der Waals surface area (Å²) in [5.74, 6) is -0.686. The molecule has 29 heavy (non-hydrogen) atoms. The molecule has 0 unspecified atom stereocenters. The van der Waals surface area contributed by atoms with Gasteiger partial charge in [0.25, 0.3) is 11.8 Å². The highest BCUT2D eigenvalue weighted by atomic mass is 16.2. The minimum atomic E-state index is -0.421. The van der Waals surface area contributed by atoms with Crippen LogP contribution in [0.15, 0.2) is 6.07 Å². The van der Waals surface area contributed by atoms with E-state index in [9.17, 15) is 9.59 Å². The van der Waals surface area contributed by atoms with Crippen LogP contribution in [-0.4, -0.2) is 36.8 Å². The number of nitrogens with zero attached hydrogens (tertiary/aromatic N) is 4. The van der Waals surface area contributed by atoms with Crippen LogP contribution in [0.3, 0.4) is 0 Å². The molecule has 0 aliphatic heterocycles. The van der Waals surface area contributed by atoms with Crippen LogP contribution in [0.1, 0.15) is 76.1 Å². The van der Waals surface area contributed by atoms with Gasteiger partial charge >= 0.3 is 0 Å². The minimum Gasteiger partial charge on any atom is -0.281 e. The molecule has 0 saturated heterocycles. The average molecular weight is 395 g/mol. The number of rotatable bonds is 3. The smallest absolute Gasteiger partial charge is 0.281 e. The van der Waals surface area contributed by atoms with Crippen molar-refractivity contribution in [3.63, 3.8) is 0 Å². The maximum atomic E-state index is 12.9. The van der Waals surface area contributed by atoms with Crippen LogP contribution < -0.4 is 10.9 Å². The lowest BCUT2D eigenvalue weighted by Gasteiger charge is -2.13. The van der Waals surface area contributed by atoms with E-state index in [-0.39, 0.29) is 5.92 Å². The molecule has 0 saturated carbocycles. The second kappa shape index (κ2) is 7.31. The molecule has 1 aliphatic rings. The van der Waals surface area contributed by atoms with Crippen molar-refractivity contribution >= 4 is 22.8 Å². The molecule has 9 heteroatoms. The molecule has 152 valence electrons. The first-order valence-corrected chi connectivity index (χ1v) is 9.87. The van der Waals surface area contributed by atoms with Crippen molar-refractivity contribution in [2.24, 2.45) is 7.05 Å². The maximum absolute atomic E-state index is 12.9. The summed E-state index contributed by atoms with van der Waals surface area (Å²) in [7, 11) is 1.80. The van der Waals surface area contributed by atoms with E-state index in [1.807, 2.05) is 20.8 Å². The molecule has 0 atom stereocenters. The number of aromatic nitrogens is 5. The van der Waals surface area contributed by atoms with Crippen LogP contribution in [0.2, 0.25) is 0 Å². The Morgan fingerprint density at radius 1 is 1.17 bits per heavy atom. The number of hydrazine groups is 1. The Labute approximate surface area is 168 Å². The third-order valence-electron chi connectivity index (χ3n) is 5.39. The summed E-state index contributed by atoms with van der Waals surface area (Å²) in [6.07, 6.45) is 3.84. The van der Waals surface area contributed by atoms with E-state index in [1.54, 1.807) is 17.8 Å². The number of nitrogens with one attached hydrogen (secondary N) is 3. The molecule has 3 N–H and O–H groups in total. The number of hydrogen-bond acceptors (Lipinski definition) is 5. The Kier molecular flexibility index (Phi) is 4.81. The average Bonchev–Trinajstić information content (AvgIpc) is 3.26. The van der Waals surface area contributed by atoms with Crippen molar-refractivity contribution in [3.8, 4) is 0 Å². The molecular weight excluding hydrogens is 370 g/mol. The van der Waals surface area contributed by atoms with Crippen molar-refractivity contribution in [2.75, 3.05) is 0 Å². The number of fused-ring (bicyclic) bond motifs is 2. The van der Waals surface area contributed by atoms with Crippen LogP contribution in [0, 0.1) is 6.92 Å². The topological polar surface area (TPSA) is 118 Å². The van der Waals surface area contributed by atoms with Gasteiger partial charge in [-0.15, -0.1) is 0 Å². The van der Waals surface area contributed by atoms with Gasteiger partial charge in [-0.1, -0.05) is 13.8 Å². The van der Waals surface area contributed by atoms with E-state index in [0.717, 1.165) is 42.6 Å². The fourth-order valence-electron chi connectivity index (χ4n) is 3.85. The lowest BCUT2D eigenvalue weighted by atomic mass is 9.96. The number of carbonyl (C=O) groups is 2. The first-order chi connectivity index (χ1) is 13.9. The van der Waals surface area contributed by atoms with Crippen LogP contribution in [0.25, 0.3) is 11.0 Å².